The molecule has 192 valence electrons. The van der Waals surface area contributed by atoms with Crippen molar-refractivity contribution in [1.29, 1.82) is 0 Å². The number of nitrogens with one attached hydrogen (secondary N) is 1. The Bertz CT molecular complexity index is 1540. The highest BCUT2D eigenvalue weighted by molar-refractivity contribution is 7.16. The fourth-order valence-corrected chi connectivity index (χ4v) is 4.59. The summed E-state index contributed by atoms with van der Waals surface area (Å²) in [6.45, 7) is 1.71. The summed E-state index contributed by atoms with van der Waals surface area (Å²) in [4.78, 5) is 39.4. The van der Waals surface area contributed by atoms with Crippen molar-refractivity contribution in [2.45, 2.75) is 6.92 Å². The standard InChI is InChI=1S/C25H22FN3O7S/c1-5-36-25(32)20-16-12-37-23(19(16)24(31)29(28-20)15-8-6-7-14(26)11-15)27-22(30)13-9-17(33-2)21(35-4)18(10-13)34-3/h6-12H,5H2,1-4H3,(H,27,30). The summed E-state index contributed by atoms with van der Waals surface area (Å²) >= 11 is 1.03. The molecule has 12 heteroatoms. The molecule has 2 heterocycles. The molecule has 2 aromatic heterocycles. The average molecular weight is 528 g/mol. The van der Waals surface area contributed by atoms with Gasteiger partial charge in [0.25, 0.3) is 11.5 Å². The molecule has 0 bridgehead atoms. The van der Waals surface area contributed by atoms with Gasteiger partial charge in [-0.05, 0) is 37.3 Å². The molecule has 0 aliphatic rings. The van der Waals surface area contributed by atoms with Crippen LogP contribution in [0.15, 0.2) is 46.6 Å². The molecule has 1 amide bonds. The van der Waals surface area contributed by atoms with Crippen LogP contribution in [-0.2, 0) is 4.74 Å². The molecule has 0 spiro atoms. The van der Waals surface area contributed by atoms with E-state index >= 15 is 0 Å². The molecule has 0 fully saturated rings. The van der Waals surface area contributed by atoms with E-state index < -0.39 is 23.3 Å². The van der Waals surface area contributed by atoms with Crippen LogP contribution in [0.2, 0.25) is 0 Å². The molecule has 0 saturated carbocycles. The Kier molecular flexibility index (Phi) is 7.39. The number of hydrogen-bond acceptors (Lipinski definition) is 9. The highest BCUT2D eigenvalue weighted by atomic mass is 32.1. The van der Waals surface area contributed by atoms with Crippen LogP contribution in [0.25, 0.3) is 16.5 Å². The number of ether oxygens (including phenoxy) is 4. The number of nitrogens with zero attached hydrogens (tertiary/aromatic N) is 2. The summed E-state index contributed by atoms with van der Waals surface area (Å²) in [5.74, 6) is -1.08. The van der Waals surface area contributed by atoms with Gasteiger partial charge in [0.2, 0.25) is 5.75 Å². The summed E-state index contributed by atoms with van der Waals surface area (Å²) < 4.78 is 35.8. The number of thiophene rings is 1. The maximum Gasteiger partial charge on any atom is 0.359 e. The van der Waals surface area contributed by atoms with E-state index in [4.69, 9.17) is 18.9 Å². The van der Waals surface area contributed by atoms with E-state index in [1.807, 2.05) is 0 Å². The number of benzene rings is 2. The molecule has 0 saturated heterocycles. The van der Waals surface area contributed by atoms with Crippen LogP contribution >= 0.6 is 11.3 Å². The predicted octanol–water partition coefficient (Wildman–Crippen LogP) is 4.04. The van der Waals surface area contributed by atoms with Crippen molar-refractivity contribution in [2.24, 2.45) is 0 Å². The fraction of sp³-hybridized carbons (Fsp3) is 0.200. The van der Waals surface area contributed by atoms with Crippen LogP contribution in [0.4, 0.5) is 9.39 Å². The van der Waals surface area contributed by atoms with Crippen molar-refractivity contribution in [3.8, 4) is 22.9 Å². The van der Waals surface area contributed by atoms with Crippen LogP contribution < -0.4 is 25.1 Å². The number of rotatable bonds is 8. The Morgan fingerprint density at radius 3 is 2.38 bits per heavy atom. The smallest absolute Gasteiger partial charge is 0.359 e. The Labute approximate surface area is 214 Å². The topological polar surface area (TPSA) is 118 Å². The molecule has 37 heavy (non-hydrogen) atoms. The largest absolute Gasteiger partial charge is 0.493 e. The first-order valence-electron chi connectivity index (χ1n) is 10.9. The third-order valence-electron chi connectivity index (χ3n) is 5.33. The Morgan fingerprint density at radius 1 is 1.08 bits per heavy atom. The van der Waals surface area contributed by atoms with E-state index in [1.54, 1.807) is 6.92 Å². The molecule has 4 aromatic rings. The van der Waals surface area contributed by atoms with Crippen molar-refractivity contribution < 1.29 is 32.9 Å². The molecule has 4 rings (SSSR count). The summed E-state index contributed by atoms with van der Waals surface area (Å²) in [5.41, 5.74) is -0.535. The van der Waals surface area contributed by atoms with Gasteiger partial charge in [-0.3, -0.25) is 9.59 Å². The molecule has 0 aliphatic carbocycles. The van der Waals surface area contributed by atoms with E-state index in [1.165, 1.54) is 57.0 Å². The zero-order valence-corrected chi connectivity index (χ0v) is 21.1. The number of esters is 1. The van der Waals surface area contributed by atoms with E-state index in [-0.39, 0.29) is 50.8 Å². The minimum absolute atomic E-state index is 0.0214. The first-order chi connectivity index (χ1) is 17.8. The molecule has 2 aromatic carbocycles. The number of aromatic nitrogens is 2. The van der Waals surface area contributed by atoms with Crippen molar-refractivity contribution in [1.82, 2.24) is 9.78 Å². The maximum absolute atomic E-state index is 13.9. The quantitative estimate of drug-likeness (QED) is 0.341. The number of carbonyl (C=O) groups is 2. The van der Waals surface area contributed by atoms with Gasteiger partial charge in [0, 0.05) is 16.3 Å². The van der Waals surface area contributed by atoms with Crippen LogP contribution in [-0.4, -0.2) is 49.6 Å². The van der Waals surface area contributed by atoms with Gasteiger partial charge in [-0.25, -0.2) is 9.18 Å². The van der Waals surface area contributed by atoms with Gasteiger partial charge in [-0.15, -0.1) is 11.3 Å². The van der Waals surface area contributed by atoms with Crippen molar-refractivity contribution in [3.05, 3.63) is 69.2 Å². The number of anilines is 1. The van der Waals surface area contributed by atoms with Crippen LogP contribution in [0.1, 0.15) is 27.8 Å². The van der Waals surface area contributed by atoms with E-state index in [0.717, 1.165) is 22.1 Å². The van der Waals surface area contributed by atoms with Gasteiger partial charge < -0.3 is 24.3 Å². The second kappa shape index (κ2) is 10.7. The molecule has 0 radical (unpaired) electrons. The van der Waals surface area contributed by atoms with Crippen molar-refractivity contribution >= 4 is 39.0 Å². The van der Waals surface area contributed by atoms with E-state index in [9.17, 15) is 18.8 Å². The van der Waals surface area contributed by atoms with Gasteiger partial charge in [0.05, 0.1) is 39.0 Å². The average Bonchev–Trinajstić information content (AvgIpc) is 3.31. The van der Waals surface area contributed by atoms with Gasteiger partial charge >= 0.3 is 5.97 Å². The van der Waals surface area contributed by atoms with E-state index in [0.29, 0.717) is 5.75 Å². The number of fused-ring (bicyclic) bond motifs is 1. The highest BCUT2D eigenvalue weighted by Gasteiger charge is 2.24. The number of methoxy groups -OCH3 is 3. The molecule has 0 aliphatic heterocycles. The third kappa shape index (κ3) is 4.83. The Balaban J connectivity index is 1.86. The third-order valence-corrected chi connectivity index (χ3v) is 6.22. The molecule has 1 N–H and O–H groups in total. The minimum atomic E-state index is -0.766. The zero-order chi connectivity index (χ0) is 26.7. The molecule has 10 nitrogen and oxygen atoms in total. The van der Waals surface area contributed by atoms with Gasteiger partial charge in [-0.1, -0.05) is 6.07 Å². The molecule has 0 unspecified atom stereocenters. The number of carbonyl (C=O) groups excluding carboxylic acids is 2. The Morgan fingerprint density at radius 2 is 1.78 bits per heavy atom. The molecular weight excluding hydrogens is 505 g/mol. The SMILES string of the molecule is CCOC(=O)c1nn(-c2cccc(F)c2)c(=O)c2c(NC(=O)c3cc(OC)c(OC)c(OC)c3)scc12. The zero-order valence-electron chi connectivity index (χ0n) is 20.3. The van der Waals surface area contributed by atoms with Crippen molar-refractivity contribution in [3.63, 3.8) is 0 Å². The molecular formula is C25H22FN3O7S. The first kappa shape index (κ1) is 25.6. The van der Waals surface area contributed by atoms with Gasteiger partial charge in [0.1, 0.15) is 10.8 Å². The maximum atomic E-state index is 13.9. The molecule has 0 atom stereocenters. The van der Waals surface area contributed by atoms with Crippen LogP contribution in [0, 0.1) is 5.82 Å². The highest BCUT2D eigenvalue weighted by Crippen LogP contribution is 2.39. The van der Waals surface area contributed by atoms with Crippen molar-refractivity contribution in [2.75, 3.05) is 33.3 Å². The normalized spacial score (nSPS) is 10.7. The van der Waals surface area contributed by atoms with Crippen LogP contribution in [0.3, 0.4) is 0 Å². The minimum Gasteiger partial charge on any atom is -0.493 e. The number of halogens is 1. The summed E-state index contributed by atoms with van der Waals surface area (Å²) in [6, 6.07) is 8.13. The summed E-state index contributed by atoms with van der Waals surface area (Å²) in [6.07, 6.45) is 0. The lowest BCUT2D eigenvalue weighted by Gasteiger charge is -2.14. The summed E-state index contributed by atoms with van der Waals surface area (Å²) in [5, 5.41) is 8.77. The van der Waals surface area contributed by atoms with Gasteiger partial charge in [-0.2, -0.15) is 9.78 Å². The van der Waals surface area contributed by atoms with Crippen LogP contribution in [0.5, 0.6) is 17.2 Å². The second-order valence-electron chi connectivity index (χ2n) is 7.49. The lowest BCUT2D eigenvalue weighted by atomic mass is 10.1. The Hall–Kier alpha value is -4.45. The lowest BCUT2D eigenvalue weighted by Crippen LogP contribution is -2.25. The summed E-state index contributed by atoms with van der Waals surface area (Å²) in [7, 11) is 4.28. The number of hydrogen-bond donors (Lipinski definition) is 1. The monoisotopic (exact) mass is 527 g/mol. The van der Waals surface area contributed by atoms with Gasteiger partial charge in [0.15, 0.2) is 17.2 Å². The first-order valence-corrected chi connectivity index (χ1v) is 11.8. The lowest BCUT2D eigenvalue weighted by molar-refractivity contribution is 0.0520. The number of amides is 1. The second-order valence-corrected chi connectivity index (χ2v) is 8.37. The van der Waals surface area contributed by atoms with E-state index in [2.05, 4.69) is 10.4 Å². The fourth-order valence-electron chi connectivity index (χ4n) is 3.66. The predicted molar refractivity (Wildman–Crippen MR) is 135 cm³/mol.